The van der Waals surface area contributed by atoms with Crippen LogP contribution in [0.5, 0.6) is 0 Å². The van der Waals surface area contributed by atoms with E-state index in [0.29, 0.717) is 18.7 Å². The van der Waals surface area contributed by atoms with Gasteiger partial charge in [-0.15, -0.1) is 0 Å². The van der Waals surface area contributed by atoms with Crippen molar-refractivity contribution in [2.45, 2.75) is 50.9 Å². The van der Waals surface area contributed by atoms with Crippen molar-refractivity contribution in [1.82, 2.24) is 30.0 Å². The smallest absolute Gasteiger partial charge is 0.245 e. The van der Waals surface area contributed by atoms with Crippen LogP contribution in [-0.4, -0.2) is 81.7 Å². The summed E-state index contributed by atoms with van der Waals surface area (Å²) in [5, 5.41) is 5.27. The predicted octanol–water partition coefficient (Wildman–Crippen LogP) is -1.49. The highest BCUT2D eigenvalue weighted by molar-refractivity contribution is 5.94. The van der Waals surface area contributed by atoms with Crippen molar-refractivity contribution in [2.75, 3.05) is 20.6 Å². The molecule has 1 aromatic rings. The van der Waals surface area contributed by atoms with Gasteiger partial charge >= 0.3 is 0 Å². The third kappa shape index (κ3) is 3.85. The highest BCUT2D eigenvalue weighted by Crippen LogP contribution is 2.19. The Hall–Kier alpha value is -2.91. The lowest BCUT2D eigenvalue weighted by Gasteiger charge is -2.30. The number of carbonyl (C=O) groups excluding carboxylic acids is 4. The zero-order chi connectivity index (χ0) is 20.4. The maximum atomic E-state index is 12.8. The Morgan fingerprint density at radius 3 is 2.79 bits per heavy atom. The molecule has 1 aromatic heterocycles. The second-order valence-corrected chi connectivity index (χ2v) is 7.30. The highest BCUT2D eigenvalue weighted by Gasteiger charge is 2.37. The van der Waals surface area contributed by atoms with E-state index >= 15 is 0 Å². The molecule has 2 aliphatic heterocycles. The van der Waals surface area contributed by atoms with Crippen LogP contribution in [0.25, 0.3) is 0 Å². The molecule has 28 heavy (non-hydrogen) atoms. The number of hydrogen-bond donors (Lipinski definition) is 2. The molecule has 2 bridgehead atoms. The van der Waals surface area contributed by atoms with Crippen LogP contribution in [0.4, 0.5) is 0 Å². The summed E-state index contributed by atoms with van der Waals surface area (Å²) in [6.45, 7) is 2.17. The summed E-state index contributed by atoms with van der Waals surface area (Å²) in [6, 6.07) is -2.18. The zero-order valence-corrected chi connectivity index (χ0v) is 16.3. The number of rotatable bonds is 1. The molecule has 10 heteroatoms. The van der Waals surface area contributed by atoms with Crippen LogP contribution in [0.15, 0.2) is 12.5 Å². The van der Waals surface area contributed by atoms with Crippen LogP contribution in [0.3, 0.4) is 0 Å². The summed E-state index contributed by atoms with van der Waals surface area (Å²) in [4.78, 5) is 57.8. The van der Waals surface area contributed by atoms with E-state index in [-0.39, 0.29) is 36.6 Å². The van der Waals surface area contributed by atoms with Crippen molar-refractivity contribution in [3.63, 3.8) is 0 Å². The maximum Gasteiger partial charge on any atom is 0.245 e. The van der Waals surface area contributed by atoms with Gasteiger partial charge in [-0.25, -0.2) is 4.98 Å². The fourth-order valence-electron chi connectivity index (χ4n) is 3.78. The van der Waals surface area contributed by atoms with Gasteiger partial charge in [0.05, 0.1) is 12.0 Å². The normalized spacial score (nSPS) is 26.5. The average Bonchev–Trinajstić information content (AvgIpc) is 3.33. The zero-order valence-electron chi connectivity index (χ0n) is 16.3. The number of carbonyl (C=O) groups is 4. The number of nitrogens with one attached hydrogen (secondary N) is 2. The van der Waals surface area contributed by atoms with Gasteiger partial charge < -0.3 is 25.0 Å². The van der Waals surface area contributed by atoms with E-state index in [0.717, 1.165) is 6.42 Å². The Kier molecular flexibility index (Phi) is 5.66. The lowest BCUT2D eigenvalue weighted by molar-refractivity contribution is -0.143. The molecule has 2 aliphatic rings. The largest absolute Gasteiger partial charge is 0.357 e. The van der Waals surface area contributed by atoms with Crippen molar-refractivity contribution in [3.05, 3.63) is 18.2 Å². The Morgan fingerprint density at radius 2 is 2.07 bits per heavy atom. The first-order valence-electron chi connectivity index (χ1n) is 9.40. The third-order valence-corrected chi connectivity index (χ3v) is 5.38. The second kappa shape index (κ2) is 7.99. The van der Waals surface area contributed by atoms with Gasteiger partial charge in [0, 0.05) is 33.3 Å². The molecule has 0 aromatic carbocycles. The van der Waals surface area contributed by atoms with E-state index in [4.69, 9.17) is 0 Å². The first-order chi connectivity index (χ1) is 13.3. The van der Waals surface area contributed by atoms with Crippen molar-refractivity contribution in [2.24, 2.45) is 0 Å². The highest BCUT2D eigenvalue weighted by atomic mass is 16.2. The van der Waals surface area contributed by atoms with Crippen molar-refractivity contribution < 1.29 is 19.2 Å². The first-order valence-corrected chi connectivity index (χ1v) is 9.40. The molecule has 0 aliphatic carbocycles. The SMILES string of the molecule is CNC(=O)C1Cc2cn(cn2)CC(=O)N2CCC[C@H]2C(=O)N[C@@H](C)C(=O)N1C. The number of fused-ring (bicyclic) bond motifs is 3. The average molecular weight is 390 g/mol. The van der Waals surface area contributed by atoms with Crippen LogP contribution in [-0.2, 0) is 32.1 Å². The molecule has 4 amide bonds. The lowest BCUT2D eigenvalue weighted by atomic mass is 10.1. The minimum Gasteiger partial charge on any atom is -0.357 e. The van der Waals surface area contributed by atoms with Gasteiger partial charge in [0.2, 0.25) is 23.6 Å². The Labute approximate surface area is 163 Å². The third-order valence-electron chi connectivity index (χ3n) is 5.38. The predicted molar refractivity (Wildman–Crippen MR) is 98.9 cm³/mol. The number of aromatic nitrogens is 2. The molecule has 1 unspecified atom stereocenters. The molecular formula is C18H26N6O4. The van der Waals surface area contributed by atoms with E-state index in [9.17, 15) is 19.2 Å². The minimum atomic E-state index is -0.817. The summed E-state index contributed by atoms with van der Waals surface area (Å²) in [5.41, 5.74) is 0.604. The van der Waals surface area contributed by atoms with E-state index in [2.05, 4.69) is 15.6 Å². The van der Waals surface area contributed by atoms with Gasteiger partial charge in [-0.05, 0) is 19.8 Å². The number of imidazole rings is 1. The first kappa shape index (κ1) is 19.8. The van der Waals surface area contributed by atoms with Gasteiger partial charge in [-0.2, -0.15) is 0 Å². The molecule has 1 saturated heterocycles. The van der Waals surface area contributed by atoms with Crippen LogP contribution in [0.1, 0.15) is 25.5 Å². The number of nitrogens with zero attached hydrogens (tertiary/aromatic N) is 4. The number of hydrogen-bond acceptors (Lipinski definition) is 5. The summed E-state index contributed by atoms with van der Waals surface area (Å²) < 4.78 is 1.64. The molecular weight excluding hydrogens is 364 g/mol. The monoisotopic (exact) mass is 390 g/mol. The van der Waals surface area contributed by atoms with Gasteiger partial charge in [0.15, 0.2) is 0 Å². The molecule has 0 spiro atoms. The van der Waals surface area contributed by atoms with Crippen LogP contribution in [0, 0.1) is 0 Å². The van der Waals surface area contributed by atoms with Gasteiger partial charge in [0.25, 0.3) is 0 Å². The summed E-state index contributed by atoms with van der Waals surface area (Å²) in [5.74, 6) is -1.22. The van der Waals surface area contributed by atoms with Crippen molar-refractivity contribution >= 4 is 23.6 Å². The molecule has 1 fully saturated rings. The van der Waals surface area contributed by atoms with E-state index in [1.54, 1.807) is 29.6 Å². The van der Waals surface area contributed by atoms with E-state index < -0.39 is 18.1 Å². The molecule has 0 radical (unpaired) electrons. The van der Waals surface area contributed by atoms with E-state index in [1.165, 1.54) is 18.3 Å². The summed E-state index contributed by atoms with van der Waals surface area (Å²) in [6.07, 6.45) is 4.73. The molecule has 3 heterocycles. The quantitative estimate of drug-likeness (QED) is 0.606. The standard InChI is InChI=1S/C18H26N6O4/c1-11-18(28)22(3)14(16(26)19-2)7-12-8-23(10-20-12)9-15(25)24-6-4-5-13(24)17(27)21-11/h8,10-11,13-14H,4-7,9H2,1-3H3,(H,19,26)(H,21,27)/t11-,13-,14?/m0/s1. The lowest BCUT2D eigenvalue weighted by Crippen LogP contribution is -2.56. The topological polar surface area (TPSA) is 117 Å². The fraction of sp³-hybridized carbons (Fsp3) is 0.611. The summed E-state index contributed by atoms with van der Waals surface area (Å²) in [7, 11) is 3.04. The fourth-order valence-corrected chi connectivity index (χ4v) is 3.78. The van der Waals surface area contributed by atoms with Crippen molar-refractivity contribution in [3.8, 4) is 0 Å². The Morgan fingerprint density at radius 1 is 1.32 bits per heavy atom. The molecule has 3 atom stereocenters. The molecule has 3 rings (SSSR count). The van der Waals surface area contributed by atoms with Crippen LogP contribution >= 0.6 is 0 Å². The Bertz CT molecular complexity index is 791. The van der Waals surface area contributed by atoms with Crippen molar-refractivity contribution in [1.29, 1.82) is 0 Å². The van der Waals surface area contributed by atoms with Gasteiger partial charge in [0.1, 0.15) is 24.7 Å². The van der Waals surface area contributed by atoms with Crippen LogP contribution in [0.2, 0.25) is 0 Å². The maximum absolute atomic E-state index is 12.8. The number of amides is 4. The molecule has 10 nitrogen and oxygen atoms in total. The summed E-state index contributed by atoms with van der Waals surface area (Å²) >= 11 is 0. The second-order valence-electron chi connectivity index (χ2n) is 7.30. The van der Waals surface area contributed by atoms with Gasteiger partial charge in [-0.1, -0.05) is 0 Å². The molecule has 2 N–H and O–H groups in total. The van der Waals surface area contributed by atoms with Crippen LogP contribution < -0.4 is 10.6 Å². The molecule has 152 valence electrons. The van der Waals surface area contributed by atoms with Gasteiger partial charge in [-0.3, -0.25) is 19.2 Å². The molecule has 0 saturated carbocycles. The Balaban J connectivity index is 1.95. The minimum absolute atomic E-state index is 0.0751. The number of likely N-dealkylation sites (N-methyl/N-ethyl adjacent to an activating group) is 2. The van der Waals surface area contributed by atoms with E-state index in [1.807, 2.05) is 0 Å².